The molecule has 4 rings (SSSR count). The molecule has 162 valence electrons. The molecule has 31 heavy (non-hydrogen) atoms. The number of hydrogen-bond donors (Lipinski definition) is 1. The van der Waals surface area contributed by atoms with Crippen molar-refractivity contribution in [1.29, 1.82) is 0 Å². The number of ether oxygens (including phenoxy) is 1. The van der Waals surface area contributed by atoms with Crippen LogP contribution in [0.1, 0.15) is 20.0 Å². The first-order valence-electron chi connectivity index (χ1n) is 10.0. The summed E-state index contributed by atoms with van der Waals surface area (Å²) < 4.78 is 10.5. The number of hydrogen-bond acceptors (Lipinski definition) is 7. The van der Waals surface area contributed by atoms with E-state index in [-0.39, 0.29) is 11.5 Å². The molecule has 0 unspecified atom stereocenters. The second-order valence-corrected chi connectivity index (χ2v) is 8.14. The summed E-state index contributed by atoms with van der Waals surface area (Å²) in [5, 5.41) is 5.31. The molecule has 0 spiro atoms. The van der Waals surface area contributed by atoms with E-state index in [1.54, 1.807) is 18.2 Å². The Bertz CT molecular complexity index is 1130. The molecule has 2 amide bonds. The molecule has 3 aromatic rings. The summed E-state index contributed by atoms with van der Waals surface area (Å²) in [6, 6.07) is 10.5. The van der Waals surface area contributed by atoms with E-state index < -0.39 is 11.5 Å². The van der Waals surface area contributed by atoms with Crippen molar-refractivity contribution in [2.24, 2.45) is 0 Å². The summed E-state index contributed by atoms with van der Waals surface area (Å²) >= 11 is 1.45. The lowest BCUT2D eigenvalue weighted by Crippen LogP contribution is -2.50. The zero-order chi connectivity index (χ0) is 21.8. The summed E-state index contributed by atoms with van der Waals surface area (Å²) in [5.41, 5.74) is -0.413. The van der Waals surface area contributed by atoms with Crippen molar-refractivity contribution < 1.29 is 18.7 Å². The van der Waals surface area contributed by atoms with Crippen LogP contribution in [0.2, 0.25) is 0 Å². The summed E-state index contributed by atoms with van der Waals surface area (Å²) in [6.45, 7) is 3.82. The molecule has 0 bridgehead atoms. The smallest absolute Gasteiger partial charge is 0.349 e. The maximum Gasteiger partial charge on any atom is 0.349 e. The lowest BCUT2D eigenvalue weighted by Gasteiger charge is -2.34. The van der Waals surface area contributed by atoms with E-state index in [0.29, 0.717) is 42.9 Å². The van der Waals surface area contributed by atoms with Crippen molar-refractivity contribution in [2.75, 3.05) is 46.4 Å². The van der Waals surface area contributed by atoms with Crippen molar-refractivity contribution in [3.63, 3.8) is 0 Å². The summed E-state index contributed by atoms with van der Waals surface area (Å²) in [7, 11) is 1.49. The summed E-state index contributed by atoms with van der Waals surface area (Å²) in [4.78, 5) is 42.0. The minimum Gasteiger partial charge on any atom is -0.493 e. The van der Waals surface area contributed by atoms with Crippen LogP contribution in [-0.4, -0.2) is 68.0 Å². The predicted octanol–water partition coefficient (Wildman–Crippen LogP) is 2.05. The summed E-state index contributed by atoms with van der Waals surface area (Å²) in [6.07, 6.45) is 0. The molecule has 1 aliphatic heterocycles. The Labute approximate surface area is 183 Å². The maximum absolute atomic E-state index is 12.5. The molecule has 0 saturated carbocycles. The fraction of sp³-hybridized carbons (Fsp3) is 0.318. The van der Waals surface area contributed by atoms with Gasteiger partial charge in [-0.3, -0.25) is 14.5 Å². The highest BCUT2D eigenvalue weighted by atomic mass is 32.1. The second kappa shape index (κ2) is 9.32. The molecule has 1 fully saturated rings. The van der Waals surface area contributed by atoms with Crippen molar-refractivity contribution in [2.45, 2.75) is 0 Å². The Kier molecular flexibility index (Phi) is 6.34. The van der Waals surface area contributed by atoms with Crippen LogP contribution in [0.5, 0.6) is 5.75 Å². The number of nitrogens with one attached hydrogen (secondary N) is 1. The molecule has 1 N–H and O–H groups in total. The average Bonchev–Trinajstić information content (AvgIpc) is 3.33. The van der Waals surface area contributed by atoms with Gasteiger partial charge >= 0.3 is 5.63 Å². The predicted molar refractivity (Wildman–Crippen MR) is 118 cm³/mol. The molecule has 1 aromatic carbocycles. The number of carbonyl (C=O) groups is 2. The Morgan fingerprint density at radius 2 is 1.97 bits per heavy atom. The molecule has 2 aromatic heterocycles. The highest BCUT2D eigenvalue weighted by Gasteiger charge is 2.22. The molecular formula is C22H23N3O5S. The standard InChI is InChI=1S/C22H23N3O5S/c1-29-17-5-2-4-15-14-16(22(28)30-19(15)17)20(26)23-7-8-24-9-11-25(12-10-24)21(27)18-6-3-13-31-18/h2-6,13-14H,7-12H2,1H3,(H,23,26). The third-order valence-electron chi connectivity index (χ3n) is 5.29. The SMILES string of the molecule is COc1cccc2cc(C(=O)NCCN3CCN(C(=O)c4cccs4)CC3)c(=O)oc12. The third-order valence-corrected chi connectivity index (χ3v) is 6.15. The monoisotopic (exact) mass is 441 g/mol. The van der Waals surface area contributed by atoms with Crippen molar-refractivity contribution >= 4 is 34.1 Å². The van der Waals surface area contributed by atoms with E-state index in [1.807, 2.05) is 22.4 Å². The van der Waals surface area contributed by atoms with Crippen LogP contribution in [0.15, 0.2) is 51.0 Å². The van der Waals surface area contributed by atoms with Gasteiger partial charge in [0.25, 0.3) is 11.8 Å². The van der Waals surface area contributed by atoms with Gasteiger partial charge in [-0.05, 0) is 23.6 Å². The molecule has 3 heterocycles. The number of thiophene rings is 1. The van der Waals surface area contributed by atoms with Crippen molar-refractivity contribution in [3.8, 4) is 5.75 Å². The fourth-order valence-corrected chi connectivity index (χ4v) is 4.28. The van der Waals surface area contributed by atoms with Gasteiger partial charge in [0, 0.05) is 44.7 Å². The minimum absolute atomic E-state index is 0.0351. The van der Waals surface area contributed by atoms with Crippen LogP contribution >= 0.6 is 11.3 Å². The molecule has 1 aliphatic rings. The van der Waals surface area contributed by atoms with Gasteiger partial charge in [0.1, 0.15) is 5.56 Å². The Balaban J connectivity index is 1.29. The van der Waals surface area contributed by atoms with Crippen LogP contribution in [0, 0.1) is 0 Å². The van der Waals surface area contributed by atoms with Gasteiger partial charge in [0.2, 0.25) is 0 Å². The number of rotatable bonds is 6. The van der Waals surface area contributed by atoms with E-state index in [9.17, 15) is 14.4 Å². The first-order valence-corrected chi connectivity index (χ1v) is 10.9. The Morgan fingerprint density at radius 1 is 1.16 bits per heavy atom. The van der Waals surface area contributed by atoms with Crippen molar-refractivity contribution in [3.05, 3.63) is 62.6 Å². The molecule has 0 radical (unpaired) electrons. The average molecular weight is 442 g/mol. The highest BCUT2D eigenvalue weighted by molar-refractivity contribution is 7.12. The van der Waals surface area contributed by atoms with Crippen LogP contribution in [-0.2, 0) is 0 Å². The lowest BCUT2D eigenvalue weighted by atomic mass is 10.1. The largest absolute Gasteiger partial charge is 0.493 e. The van der Waals surface area contributed by atoms with E-state index >= 15 is 0 Å². The van der Waals surface area contributed by atoms with Gasteiger partial charge < -0.3 is 19.4 Å². The van der Waals surface area contributed by atoms with E-state index in [4.69, 9.17) is 9.15 Å². The number of benzene rings is 1. The van der Waals surface area contributed by atoms with Gasteiger partial charge in [-0.25, -0.2) is 4.79 Å². The number of amides is 2. The zero-order valence-electron chi connectivity index (χ0n) is 17.1. The van der Waals surface area contributed by atoms with Gasteiger partial charge in [-0.1, -0.05) is 18.2 Å². The first-order chi connectivity index (χ1) is 15.1. The molecule has 8 nitrogen and oxygen atoms in total. The number of carbonyl (C=O) groups excluding carboxylic acids is 2. The molecule has 1 saturated heterocycles. The van der Waals surface area contributed by atoms with Crippen LogP contribution in [0.3, 0.4) is 0 Å². The van der Waals surface area contributed by atoms with Gasteiger partial charge in [0.15, 0.2) is 11.3 Å². The number of fused-ring (bicyclic) bond motifs is 1. The van der Waals surface area contributed by atoms with Crippen LogP contribution < -0.4 is 15.7 Å². The normalized spacial score (nSPS) is 14.5. The second-order valence-electron chi connectivity index (χ2n) is 7.19. The van der Waals surface area contributed by atoms with Crippen LogP contribution in [0.25, 0.3) is 11.0 Å². The van der Waals surface area contributed by atoms with E-state index in [1.165, 1.54) is 24.5 Å². The summed E-state index contributed by atoms with van der Waals surface area (Å²) in [5.74, 6) is 0.0471. The molecule has 0 atom stereocenters. The minimum atomic E-state index is -0.699. The topological polar surface area (TPSA) is 92.1 Å². The fourth-order valence-electron chi connectivity index (χ4n) is 3.59. The molecule has 0 aliphatic carbocycles. The molecular weight excluding hydrogens is 418 g/mol. The first kappa shape index (κ1) is 21.1. The molecule has 9 heteroatoms. The Hall–Kier alpha value is -3.17. The van der Waals surface area contributed by atoms with Crippen LogP contribution in [0.4, 0.5) is 0 Å². The lowest BCUT2D eigenvalue weighted by molar-refractivity contribution is 0.0642. The van der Waals surface area contributed by atoms with Gasteiger partial charge in [0.05, 0.1) is 12.0 Å². The van der Waals surface area contributed by atoms with E-state index in [0.717, 1.165) is 18.0 Å². The number of piperazine rings is 1. The quantitative estimate of drug-likeness (QED) is 0.589. The number of para-hydroxylation sites is 1. The van der Waals surface area contributed by atoms with Crippen molar-refractivity contribution in [1.82, 2.24) is 15.1 Å². The van der Waals surface area contributed by atoms with Gasteiger partial charge in [-0.15, -0.1) is 11.3 Å². The number of methoxy groups -OCH3 is 1. The Morgan fingerprint density at radius 3 is 2.68 bits per heavy atom. The van der Waals surface area contributed by atoms with E-state index in [2.05, 4.69) is 10.2 Å². The maximum atomic E-state index is 12.5. The third kappa shape index (κ3) is 4.62. The number of nitrogens with zero attached hydrogens (tertiary/aromatic N) is 2. The highest BCUT2D eigenvalue weighted by Crippen LogP contribution is 2.24. The zero-order valence-corrected chi connectivity index (χ0v) is 17.9. The van der Waals surface area contributed by atoms with Gasteiger partial charge in [-0.2, -0.15) is 0 Å².